The second-order valence-corrected chi connectivity index (χ2v) is 8.69. The lowest BCUT2D eigenvalue weighted by Gasteiger charge is -2.28. The number of aromatic nitrogens is 2. The molecule has 1 aromatic rings. The van der Waals surface area contributed by atoms with Gasteiger partial charge in [0.25, 0.3) is 0 Å². The molecular formula is C21H37N9O6. The maximum atomic E-state index is 12.9. The number of nitrogens with two attached hydrogens (primary N) is 3. The predicted octanol–water partition coefficient (Wildman–Crippen LogP) is -3.09. The number of carboxylic acids is 1. The third-order valence-corrected chi connectivity index (χ3v) is 5.21. The molecule has 0 fully saturated rings. The molecule has 1 aromatic heterocycles. The standard InChI is InChI=1S/C21H37N9O6/c1-10(2)15(29-17(32)13(22)5-4-6-26-21(23)24)18(33)30-16(11(3)31)19(34)28-14(20(35)36)7-12-8-25-9-27-12/h8-11,13-16,31H,4-7,22H2,1-3H3,(H,25,27)(H,28,34)(H,29,32)(H,30,33)(H,35,36)(H4,23,24,26). The van der Waals surface area contributed by atoms with Gasteiger partial charge in [0.1, 0.15) is 18.1 Å². The van der Waals surface area contributed by atoms with Gasteiger partial charge in [0, 0.05) is 24.9 Å². The van der Waals surface area contributed by atoms with Crippen molar-refractivity contribution in [3.63, 3.8) is 0 Å². The Bertz CT molecular complexity index is 900. The molecule has 3 amide bonds. The molecule has 15 heteroatoms. The van der Waals surface area contributed by atoms with Crippen molar-refractivity contribution in [2.45, 2.75) is 70.3 Å². The minimum absolute atomic E-state index is 0.0720. The molecule has 0 spiro atoms. The van der Waals surface area contributed by atoms with Gasteiger partial charge < -0.3 is 48.3 Å². The average molecular weight is 512 g/mol. The number of amides is 3. The molecule has 15 nitrogen and oxygen atoms in total. The fraction of sp³-hybridized carbons (Fsp3) is 0.619. The summed E-state index contributed by atoms with van der Waals surface area (Å²) in [5, 5.41) is 26.8. The number of aliphatic carboxylic acids is 1. The first-order valence-electron chi connectivity index (χ1n) is 11.4. The molecule has 36 heavy (non-hydrogen) atoms. The van der Waals surface area contributed by atoms with Crippen LogP contribution < -0.4 is 33.2 Å². The fourth-order valence-electron chi connectivity index (χ4n) is 3.17. The van der Waals surface area contributed by atoms with Gasteiger partial charge in [-0.25, -0.2) is 9.78 Å². The molecular weight excluding hydrogens is 474 g/mol. The van der Waals surface area contributed by atoms with Gasteiger partial charge in [-0.3, -0.25) is 19.4 Å². The minimum atomic E-state index is -1.48. The Morgan fingerprint density at radius 2 is 1.67 bits per heavy atom. The maximum absolute atomic E-state index is 12.9. The highest BCUT2D eigenvalue weighted by Gasteiger charge is 2.33. The smallest absolute Gasteiger partial charge is 0.326 e. The second kappa shape index (κ2) is 14.6. The van der Waals surface area contributed by atoms with Crippen LogP contribution in [0.2, 0.25) is 0 Å². The second-order valence-electron chi connectivity index (χ2n) is 8.69. The number of hydrogen-bond donors (Lipinski definition) is 9. The number of imidazole rings is 1. The van der Waals surface area contributed by atoms with E-state index in [4.69, 9.17) is 17.2 Å². The molecule has 1 heterocycles. The van der Waals surface area contributed by atoms with Crippen LogP contribution in [-0.4, -0.2) is 86.6 Å². The zero-order valence-electron chi connectivity index (χ0n) is 20.6. The average Bonchev–Trinajstić information content (AvgIpc) is 3.30. The van der Waals surface area contributed by atoms with Crippen LogP contribution >= 0.6 is 0 Å². The Kier molecular flexibility index (Phi) is 12.3. The van der Waals surface area contributed by atoms with Crippen molar-refractivity contribution in [2.75, 3.05) is 6.54 Å². The van der Waals surface area contributed by atoms with Crippen molar-refractivity contribution in [3.8, 4) is 0 Å². The van der Waals surface area contributed by atoms with E-state index in [0.29, 0.717) is 18.7 Å². The number of aliphatic imine (C=N–C) groups is 1. The Morgan fingerprint density at radius 1 is 1.06 bits per heavy atom. The van der Waals surface area contributed by atoms with Crippen LogP contribution in [0.15, 0.2) is 17.5 Å². The summed E-state index contributed by atoms with van der Waals surface area (Å²) in [6, 6.07) is -4.82. The van der Waals surface area contributed by atoms with Gasteiger partial charge in [-0.15, -0.1) is 0 Å². The van der Waals surface area contributed by atoms with Crippen molar-refractivity contribution < 1.29 is 29.4 Å². The SMILES string of the molecule is CC(C)C(NC(=O)C(N)CCCN=C(N)N)C(=O)NC(C(=O)NC(Cc1cnc[nH]1)C(=O)O)C(C)O. The van der Waals surface area contributed by atoms with E-state index in [-0.39, 0.29) is 18.8 Å². The van der Waals surface area contributed by atoms with Crippen LogP contribution in [0, 0.1) is 5.92 Å². The summed E-state index contributed by atoms with van der Waals surface area (Å²) in [5.41, 5.74) is 16.9. The normalized spacial score (nSPS) is 15.2. The van der Waals surface area contributed by atoms with Gasteiger partial charge in [-0.05, 0) is 25.7 Å². The van der Waals surface area contributed by atoms with E-state index in [2.05, 4.69) is 30.9 Å². The highest BCUT2D eigenvalue weighted by atomic mass is 16.4. The number of carbonyl (C=O) groups is 4. The molecule has 0 saturated heterocycles. The van der Waals surface area contributed by atoms with Crippen molar-refractivity contribution in [1.82, 2.24) is 25.9 Å². The monoisotopic (exact) mass is 511 g/mol. The Balaban J connectivity index is 2.82. The lowest BCUT2D eigenvalue weighted by molar-refractivity contribution is -0.143. The molecule has 12 N–H and O–H groups in total. The van der Waals surface area contributed by atoms with Crippen molar-refractivity contribution >= 4 is 29.7 Å². The number of nitrogens with one attached hydrogen (secondary N) is 4. The number of H-pyrrole nitrogens is 1. The summed E-state index contributed by atoms with van der Waals surface area (Å²) < 4.78 is 0. The number of aliphatic hydroxyl groups excluding tert-OH is 1. The van der Waals surface area contributed by atoms with Gasteiger partial charge >= 0.3 is 5.97 Å². The van der Waals surface area contributed by atoms with Gasteiger partial charge in [0.15, 0.2) is 5.96 Å². The molecule has 0 saturated carbocycles. The summed E-state index contributed by atoms with van der Waals surface area (Å²) >= 11 is 0. The van der Waals surface area contributed by atoms with E-state index in [9.17, 15) is 29.4 Å². The van der Waals surface area contributed by atoms with Crippen LogP contribution in [0.5, 0.6) is 0 Å². The highest BCUT2D eigenvalue weighted by Crippen LogP contribution is 2.07. The Hall–Kier alpha value is -3.72. The quantitative estimate of drug-likeness (QED) is 0.0650. The molecule has 5 unspecified atom stereocenters. The van der Waals surface area contributed by atoms with Gasteiger partial charge in [0.2, 0.25) is 17.7 Å². The lowest BCUT2D eigenvalue weighted by Crippen LogP contribution is -2.61. The summed E-state index contributed by atoms with van der Waals surface area (Å²) in [7, 11) is 0. The zero-order valence-corrected chi connectivity index (χ0v) is 20.6. The number of aliphatic hydroxyl groups is 1. The van der Waals surface area contributed by atoms with E-state index in [1.807, 2.05) is 0 Å². The lowest BCUT2D eigenvalue weighted by atomic mass is 10.0. The largest absolute Gasteiger partial charge is 0.480 e. The molecule has 202 valence electrons. The summed E-state index contributed by atoms with van der Waals surface area (Å²) in [6.45, 7) is 4.92. The third kappa shape index (κ3) is 10.3. The molecule has 0 aliphatic heterocycles. The number of carbonyl (C=O) groups excluding carboxylic acids is 3. The Morgan fingerprint density at radius 3 is 2.17 bits per heavy atom. The zero-order chi connectivity index (χ0) is 27.4. The predicted molar refractivity (Wildman–Crippen MR) is 130 cm³/mol. The molecule has 5 atom stereocenters. The van der Waals surface area contributed by atoms with Gasteiger partial charge in [0.05, 0.1) is 18.5 Å². The van der Waals surface area contributed by atoms with Gasteiger partial charge in [-0.2, -0.15) is 0 Å². The minimum Gasteiger partial charge on any atom is -0.480 e. The first-order chi connectivity index (χ1) is 16.8. The van der Waals surface area contributed by atoms with Crippen LogP contribution in [0.1, 0.15) is 39.3 Å². The molecule has 0 aliphatic carbocycles. The van der Waals surface area contributed by atoms with E-state index in [0.717, 1.165) is 0 Å². The van der Waals surface area contributed by atoms with E-state index < -0.39 is 59.9 Å². The molecule has 0 radical (unpaired) electrons. The number of nitrogens with zero attached hydrogens (tertiary/aromatic N) is 2. The number of guanidine groups is 1. The Labute approximate surface area is 208 Å². The third-order valence-electron chi connectivity index (χ3n) is 5.21. The first kappa shape index (κ1) is 30.3. The van der Waals surface area contributed by atoms with Crippen LogP contribution in [0.4, 0.5) is 0 Å². The van der Waals surface area contributed by atoms with Crippen molar-refractivity contribution in [3.05, 3.63) is 18.2 Å². The fourth-order valence-corrected chi connectivity index (χ4v) is 3.17. The first-order valence-corrected chi connectivity index (χ1v) is 11.4. The molecule has 1 rings (SSSR count). The van der Waals surface area contributed by atoms with Crippen LogP contribution in [-0.2, 0) is 25.6 Å². The number of carboxylic acid groups (broad SMARTS) is 1. The van der Waals surface area contributed by atoms with E-state index in [1.165, 1.54) is 19.4 Å². The summed E-state index contributed by atoms with van der Waals surface area (Å²) in [5.74, 6) is -4.01. The van der Waals surface area contributed by atoms with Crippen molar-refractivity contribution in [2.24, 2.45) is 28.1 Å². The summed E-state index contributed by atoms with van der Waals surface area (Å²) in [6.07, 6.45) is 2.03. The van der Waals surface area contributed by atoms with E-state index >= 15 is 0 Å². The maximum Gasteiger partial charge on any atom is 0.326 e. The number of aromatic amines is 1. The van der Waals surface area contributed by atoms with Crippen LogP contribution in [0.25, 0.3) is 0 Å². The molecule has 0 aliphatic rings. The topological polar surface area (TPSA) is 264 Å². The molecule has 0 bridgehead atoms. The van der Waals surface area contributed by atoms with Gasteiger partial charge in [-0.1, -0.05) is 13.8 Å². The number of rotatable bonds is 15. The van der Waals surface area contributed by atoms with Crippen molar-refractivity contribution in [1.29, 1.82) is 0 Å². The highest BCUT2D eigenvalue weighted by molar-refractivity contribution is 5.94. The van der Waals surface area contributed by atoms with E-state index in [1.54, 1.807) is 13.8 Å². The van der Waals surface area contributed by atoms with Crippen LogP contribution in [0.3, 0.4) is 0 Å². The number of hydrogen-bond acceptors (Lipinski definition) is 8. The molecule has 0 aromatic carbocycles. The summed E-state index contributed by atoms with van der Waals surface area (Å²) in [4.78, 5) is 60.2.